The molecule has 1 fully saturated rings. The zero-order chi connectivity index (χ0) is 29.3. The topological polar surface area (TPSA) is 101 Å². The van der Waals surface area contributed by atoms with E-state index in [4.69, 9.17) is 4.74 Å². The number of alkyl carbamates (subject to hydrolysis) is 1. The van der Waals surface area contributed by atoms with E-state index in [2.05, 4.69) is 46.5 Å². The number of aliphatic carboxylic acids is 1. The van der Waals surface area contributed by atoms with Crippen molar-refractivity contribution in [1.82, 2.24) is 15.3 Å². The highest BCUT2D eigenvalue weighted by atomic mass is 16.5. The summed E-state index contributed by atoms with van der Waals surface area (Å²) in [5.41, 5.74) is 5.89. The van der Waals surface area contributed by atoms with Gasteiger partial charge in [0.2, 0.25) is 0 Å². The average Bonchev–Trinajstić information content (AvgIpc) is 3.04. The molecule has 1 heterocycles. The first kappa shape index (κ1) is 29.0. The first-order valence-corrected chi connectivity index (χ1v) is 14.7. The first-order valence-electron chi connectivity index (χ1n) is 14.7. The lowest BCUT2D eigenvalue weighted by molar-refractivity contribution is -0.139. The van der Waals surface area contributed by atoms with Crippen LogP contribution >= 0.6 is 0 Å². The van der Waals surface area contributed by atoms with Gasteiger partial charge in [-0.15, -0.1) is 0 Å². The second kappa shape index (κ2) is 13.9. The normalized spacial score (nSPS) is 17.3. The fourth-order valence-electron chi connectivity index (χ4n) is 5.61. The number of carbonyl (C=O) groups excluding carboxylic acids is 1. The Labute approximate surface area is 247 Å². The van der Waals surface area contributed by atoms with E-state index in [0.29, 0.717) is 11.7 Å². The third-order valence-corrected chi connectivity index (χ3v) is 8.25. The van der Waals surface area contributed by atoms with Crippen LogP contribution < -0.4 is 5.32 Å². The molecule has 1 atom stereocenters. The van der Waals surface area contributed by atoms with Crippen molar-refractivity contribution in [3.05, 3.63) is 108 Å². The van der Waals surface area contributed by atoms with Gasteiger partial charge in [0.15, 0.2) is 5.82 Å². The van der Waals surface area contributed by atoms with E-state index in [0.717, 1.165) is 33.7 Å². The van der Waals surface area contributed by atoms with Gasteiger partial charge >= 0.3 is 12.1 Å². The van der Waals surface area contributed by atoms with Gasteiger partial charge in [-0.05, 0) is 59.8 Å². The molecule has 216 valence electrons. The summed E-state index contributed by atoms with van der Waals surface area (Å²) in [5.74, 6) is 1.02. The summed E-state index contributed by atoms with van der Waals surface area (Å²) < 4.78 is 5.18. The zero-order valence-electron chi connectivity index (χ0n) is 23.9. The summed E-state index contributed by atoms with van der Waals surface area (Å²) in [5, 5.41) is 12.1. The molecule has 3 aromatic carbocycles. The molecule has 42 heavy (non-hydrogen) atoms. The van der Waals surface area contributed by atoms with Crippen LogP contribution in [0.1, 0.15) is 61.6 Å². The Morgan fingerprint density at radius 3 is 2.10 bits per heavy atom. The molecule has 0 unspecified atom stereocenters. The van der Waals surface area contributed by atoms with Gasteiger partial charge in [0.05, 0.1) is 0 Å². The molecule has 7 nitrogen and oxygen atoms in total. The number of benzene rings is 3. The SMILES string of the molecule is CCC1CCC(c2ccc(-c3cnc(-c4ccc(C[C@H](NC(=O)OCc5ccccc5)C(=O)O)cc4)nc3)cc2)CC1. The predicted octanol–water partition coefficient (Wildman–Crippen LogP) is 7.42. The van der Waals surface area contributed by atoms with Crippen LogP contribution in [0.5, 0.6) is 0 Å². The van der Waals surface area contributed by atoms with Crippen molar-refractivity contribution in [1.29, 1.82) is 0 Å². The number of aromatic nitrogens is 2. The molecule has 0 spiro atoms. The largest absolute Gasteiger partial charge is 0.480 e. The van der Waals surface area contributed by atoms with Crippen molar-refractivity contribution in [2.45, 2.75) is 64.0 Å². The van der Waals surface area contributed by atoms with Gasteiger partial charge in [0, 0.05) is 29.9 Å². The van der Waals surface area contributed by atoms with Gasteiger partial charge in [-0.25, -0.2) is 19.6 Å². The van der Waals surface area contributed by atoms with E-state index in [1.807, 2.05) is 67.0 Å². The third-order valence-electron chi connectivity index (χ3n) is 8.25. The minimum atomic E-state index is -1.13. The predicted molar refractivity (Wildman–Crippen MR) is 163 cm³/mol. The molecule has 1 saturated carbocycles. The van der Waals surface area contributed by atoms with Crippen LogP contribution in [-0.4, -0.2) is 33.2 Å². The molecule has 0 radical (unpaired) electrons. The molecule has 0 bridgehead atoms. The molecule has 1 aliphatic rings. The van der Waals surface area contributed by atoms with Crippen molar-refractivity contribution in [3.8, 4) is 22.5 Å². The monoisotopic (exact) mass is 563 g/mol. The number of carboxylic acids is 1. The second-order valence-electron chi connectivity index (χ2n) is 11.0. The van der Waals surface area contributed by atoms with Gasteiger partial charge in [0.25, 0.3) is 0 Å². The molecule has 4 aromatic rings. The lowest BCUT2D eigenvalue weighted by Crippen LogP contribution is -2.42. The molecular formula is C35H37N3O4. The molecule has 5 rings (SSSR count). The van der Waals surface area contributed by atoms with E-state index in [-0.39, 0.29) is 13.0 Å². The summed E-state index contributed by atoms with van der Waals surface area (Å²) in [7, 11) is 0. The number of hydrogen-bond acceptors (Lipinski definition) is 5. The van der Waals surface area contributed by atoms with Crippen LogP contribution in [0, 0.1) is 5.92 Å². The van der Waals surface area contributed by atoms with E-state index in [1.165, 1.54) is 37.7 Å². The molecule has 1 amide bonds. The van der Waals surface area contributed by atoms with E-state index in [1.54, 1.807) is 0 Å². The Hall–Kier alpha value is -4.52. The van der Waals surface area contributed by atoms with Gasteiger partial charge in [-0.2, -0.15) is 0 Å². The maximum Gasteiger partial charge on any atom is 0.408 e. The maximum atomic E-state index is 12.2. The summed E-state index contributed by atoms with van der Waals surface area (Å²) in [6, 6.07) is 24.3. The number of nitrogens with one attached hydrogen (secondary N) is 1. The number of amides is 1. The van der Waals surface area contributed by atoms with Gasteiger partial charge in [-0.1, -0.05) is 92.2 Å². The number of nitrogens with zero attached hydrogens (tertiary/aromatic N) is 2. The number of hydrogen-bond donors (Lipinski definition) is 2. The van der Waals surface area contributed by atoms with Gasteiger partial charge in [-0.3, -0.25) is 0 Å². The summed E-state index contributed by atoms with van der Waals surface area (Å²) in [4.78, 5) is 33.1. The van der Waals surface area contributed by atoms with Crippen molar-refractivity contribution in [2.24, 2.45) is 5.92 Å². The Morgan fingerprint density at radius 2 is 1.48 bits per heavy atom. The van der Waals surface area contributed by atoms with Crippen LogP contribution in [0.2, 0.25) is 0 Å². The minimum Gasteiger partial charge on any atom is -0.480 e. The fourth-order valence-corrected chi connectivity index (χ4v) is 5.61. The molecule has 0 saturated heterocycles. The fraction of sp³-hybridized carbons (Fsp3) is 0.314. The second-order valence-corrected chi connectivity index (χ2v) is 11.0. The summed E-state index contributed by atoms with van der Waals surface area (Å²) >= 11 is 0. The average molecular weight is 564 g/mol. The van der Waals surface area contributed by atoms with Crippen LogP contribution in [0.25, 0.3) is 22.5 Å². The Balaban J connectivity index is 1.16. The highest BCUT2D eigenvalue weighted by Gasteiger charge is 2.22. The van der Waals surface area contributed by atoms with E-state index >= 15 is 0 Å². The zero-order valence-corrected chi connectivity index (χ0v) is 23.9. The molecule has 1 aromatic heterocycles. The van der Waals surface area contributed by atoms with Crippen LogP contribution in [0.4, 0.5) is 4.79 Å². The standard InChI is InChI=1S/C35H37N3O4/c1-2-24-8-12-27(13-9-24)28-16-18-29(19-17-28)31-21-36-33(37-22-31)30-14-10-25(11-15-30)20-32(34(39)40)38-35(41)42-23-26-6-4-3-5-7-26/h3-7,10-11,14-19,21-22,24,27,32H,2,8-9,12-13,20,23H2,1H3,(H,38,41)(H,39,40)/t24?,27?,32-/m0/s1. The van der Waals surface area contributed by atoms with Crippen molar-refractivity contribution >= 4 is 12.1 Å². The van der Waals surface area contributed by atoms with Crippen LogP contribution in [0.3, 0.4) is 0 Å². The highest BCUT2D eigenvalue weighted by molar-refractivity contribution is 5.80. The van der Waals surface area contributed by atoms with Crippen LogP contribution in [0.15, 0.2) is 91.3 Å². The summed E-state index contributed by atoms with van der Waals surface area (Å²) in [6.07, 6.45) is 9.54. The maximum absolute atomic E-state index is 12.2. The van der Waals surface area contributed by atoms with Gasteiger partial charge in [0.1, 0.15) is 12.6 Å². The van der Waals surface area contributed by atoms with Crippen LogP contribution in [-0.2, 0) is 22.6 Å². The number of ether oxygens (including phenoxy) is 1. The third kappa shape index (κ3) is 7.60. The quantitative estimate of drug-likeness (QED) is 0.208. The Bertz CT molecular complexity index is 1450. The lowest BCUT2D eigenvalue weighted by atomic mass is 9.78. The smallest absolute Gasteiger partial charge is 0.408 e. The molecule has 1 aliphatic carbocycles. The first-order chi connectivity index (χ1) is 20.5. The van der Waals surface area contributed by atoms with Crippen molar-refractivity contribution < 1.29 is 19.4 Å². The number of carbonyl (C=O) groups is 2. The van der Waals surface area contributed by atoms with Crippen molar-refractivity contribution in [2.75, 3.05) is 0 Å². The van der Waals surface area contributed by atoms with Crippen molar-refractivity contribution in [3.63, 3.8) is 0 Å². The molecule has 7 heteroatoms. The molecule has 2 N–H and O–H groups in total. The lowest BCUT2D eigenvalue weighted by Gasteiger charge is -2.28. The number of carboxylic acid groups (broad SMARTS) is 1. The van der Waals surface area contributed by atoms with E-state index in [9.17, 15) is 14.7 Å². The summed E-state index contributed by atoms with van der Waals surface area (Å²) in [6.45, 7) is 2.37. The Morgan fingerprint density at radius 1 is 0.833 bits per heavy atom. The van der Waals surface area contributed by atoms with Gasteiger partial charge < -0.3 is 15.2 Å². The highest BCUT2D eigenvalue weighted by Crippen LogP contribution is 2.37. The minimum absolute atomic E-state index is 0.0672. The number of rotatable bonds is 10. The molecular weight excluding hydrogens is 526 g/mol. The Kier molecular flexibility index (Phi) is 9.59. The molecule has 0 aliphatic heterocycles. The van der Waals surface area contributed by atoms with E-state index < -0.39 is 18.1 Å².